The van der Waals surface area contributed by atoms with E-state index >= 15 is 4.39 Å². The first-order chi connectivity index (χ1) is 14.8. The molecule has 0 heterocycles. The molecule has 5 nitrogen and oxygen atoms in total. The number of halogens is 6. The van der Waals surface area contributed by atoms with Crippen LogP contribution in [0.25, 0.3) is 0 Å². The Kier molecular flexibility index (Phi) is 5.99. The summed E-state index contributed by atoms with van der Waals surface area (Å²) >= 11 is 0. The lowest BCUT2D eigenvalue weighted by Gasteiger charge is -2.20. The number of benzene rings is 2. The molecule has 3 atom stereocenters. The Hall–Kier alpha value is -3.07. The summed E-state index contributed by atoms with van der Waals surface area (Å²) in [5, 5.41) is 8.94. The van der Waals surface area contributed by atoms with E-state index in [1.54, 1.807) is 6.07 Å². The molecular formula is C20H13F6NO4S. The highest BCUT2D eigenvalue weighted by Gasteiger charge is 2.51. The number of hydrogen-bond acceptors (Lipinski definition) is 5. The van der Waals surface area contributed by atoms with Crippen LogP contribution in [0, 0.1) is 17.1 Å². The van der Waals surface area contributed by atoms with Crippen LogP contribution in [0.1, 0.15) is 47.0 Å². The Morgan fingerprint density at radius 2 is 1.91 bits per heavy atom. The monoisotopic (exact) mass is 477 g/mol. The minimum absolute atomic E-state index is 0.239. The van der Waals surface area contributed by atoms with Gasteiger partial charge in [0.1, 0.15) is 12.0 Å². The number of hydrogen-bond donors (Lipinski definition) is 0. The van der Waals surface area contributed by atoms with Crippen molar-refractivity contribution in [3.8, 4) is 6.07 Å². The van der Waals surface area contributed by atoms with Crippen molar-refractivity contribution < 1.29 is 44.3 Å². The van der Waals surface area contributed by atoms with Gasteiger partial charge in [-0.3, -0.25) is 4.79 Å². The zero-order valence-electron chi connectivity index (χ0n) is 16.1. The predicted octanol–water partition coefficient (Wildman–Crippen LogP) is 4.55. The summed E-state index contributed by atoms with van der Waals surface area (Å²) in [5.41, 5.74) is -8.07. The fraction of sp³-hybridized carbons (Fsp3) is 0.300. The van der Waals surface area contributed by atoms with Crippen LogP contribution in [0.2, 0.25) is 0 Å². The predicted molar refractivity (Wildman–Crippen MR) is 96.9 cm³/mol. The average molecular weight is 477 g/mol. The number of carbonyl (C=O) groups excluding carboxylic acids is 1. The highest BCUT2D eigenvalue weighted by atomic mass is 32.2. The van der Waals surface area contributed by atoms with Crippen molar-refractivity contribution in [1.29, 1.82) is 5.26 Å². The van der Waals surface area contributed by atoms with Crippen LogP contribution in [0.5, 0.6) is 0 Å². The van der Waals surface area contributed by atoms with Crippen LogP contribution in [-0.4, -0.2) is 26.1 Å². The molecule has 2 aromatic carbocycles. The van der Waals surface area contributed by atoms with Gasteiger partial charge in [-0.2, -0.15) is 18.4 Å². The second kappa shape index (κ2) is 8.12. The molecule has 12 heteroatoms. The number of nitrogens with zero attached hydrogens (tertiary/aromatic N) is 1. The summed E-state index contributed by atoms with van der Waals surface area (Å²) in [6, 6.07) is 5.35. The van der Waals surface area contributed by atoms with Crippen LogP contribution < -0.4 is 0 Å². The second-order valence-electron chi connectivity index (χ2n) is 6.99. The normalized spacial score (nSPS) is 19.2. The van der Waals surface area contributed by atoms with E-state index in [-0.39, 0.29) is 11.1 Å². The molecule has 0 spiro atoms. The highest BCUT2D eigenvalue weighted by molar-refractivity contribution is 7.92. The minimum Gasteiger partial charge on any atom is -0.454 e. The third kappa shape index (κ3) is 4.04. The maximum absolute atomic E-state index is 15.3. The van der Waals surface area contributed by atoms with Gasteiger partial charge in [0.2, 0.25) is 0 Å². The van der Waals surface area contributed by atoms with Crippen molar-refractivity contribution in [2.45, 2.75) is 42.2 Å². The molecule has 0 aromatic heterocycles. The fourth-order valence-corrected chi connectivity index (χ4v) is 4.62. The van der Waals surface area contributed by atoms with E-state index in [0.29, 0.717) is 6.07 Å². The van der Waals surface area contributed by atoms with Crippen LogP contribution in [-0.2, 0) is 25.8 Å². The van der Waals surface area contributed by atoms with E-state index in [9.17, 15) is 35.2 Å². The molecule has 0 saturated carbocycles. The molecular weight excluding hydrogens is 464 g/mol. The Balaban J connectivity index is 2.27. The molecule has 3 rings (SSSR count). The molecule has 0 bridgehead atoms. The first-order valence-electron chi connectivity index (χ1n) is 8.91. The zero-order valence-corrected chi connectivity index (χ0v) is 16.9. The Morgan fingerprint density at radius 1 is 1.25 bits per heavy atom. The lowest BCUT2D eigenvalue weighted by Crippen LogP contribution is -2.26. The molecule has 2 aromatic rings. The second-order valence-corrected chi connectivity index (χ2v) is 8.90. The van der Waals surface area contributed by atoms with Gasteiger partial charge in [-0.25, -0.2) is 21.6 Å². The molecule has 0 amide bonds. The summed E-state index contributed by atoms with van der Waals surface area (Å²) in [4.78, 5) is 9.99. The lowest BCUT2D eigenvalue weighted by molar-refractivity contribution is -0.149. The van der Waals surface area contributed by atoms with E-state index in [2.05, 4.69) is 0 Å². The first-order valence-corrected chi connectivity index (χ1v) is 10.4. The summed E-state index contributed by atoms with van der Waals surface area (Å²) in [7, 11) is -6.00. The molecule has 0 unspecified atom stereocenters. The van der Waals surface area contributed by atoms with E-state index < -0.39 is 73.6 Å². The summed E-state index contributed by atoms with van der Waals surface area (Å²) in [6.45, 7) is 0.848. The number of ether oxygens (including phenoxy) is 1. The zero-order chi connectivity index (χ0) is 24.0. The molecule has 0 fully saturated rings. The van der Waals surface area contributed by atoms with Crippen molar-refractivity contribution in [1.82, 2.24) is 0 Å². The molecule has 1 aliphatic carbocycles. The number of esters is 1. The van der Waals surface area contributed by atoms with Gasteiger partial charge in [-0.05, 0) is 41.0 Å². The quantitative estimate of drug-likeness (QED) is 0.477. The Labute approximate surface area is 178 Å². The smallest absolute Gasteiger partial charge is 0.454 e. The van der Waals surface area contributed by atoms with E-state index in [1.165, 1.54) is 0 Å². The molecule has 170 valence electrons. The van der Waals surface area contributed by atoms with Gasteiger partial charge >= 0.3 is 11.5 Å². The number of rotatable bonds is 4. The SMILES string of the molecule is CC(=O)O[C@H]1c2c(S(=O)(=O)C(F)(F)F)ccc([C@@H](F)c3cc(F)cc(C#N)c3)c2C[C@H]1F. The molecule has 1 aliphatic rings. The third-order valence-corrected chi connectivity index (χ3v) is 6.41. The Morgan fingerprint density at radius 3 is 2.47 bits per heavy atom. The number of nitriles is 1. The van der Waals surface area contributed by atoms with Gasteiger partial charge in [-0.15, -0.1) is 0 Å². The Bertz CT molecular complexity index is 1240. The molecule has 0 N–H and O–H groups in total. The third-order valence-electron chi connectivity index (χ3n) is 4.87. The lowest BCUT2D eigenvalue weighted by atomic mass is 9.94. The van der Waals surface area contributed by atoms with Crippen molar-refractivity contribution in [3.05, 3.63) is 64.0 Å². The van der Waals surface area contributed by atoms with Crippen LogP contribution in [0.15, 0.2) is 35.2 Å². The topological polar surface area (TPSA) is 84.2 Å². The minimum atomic E-state index is -6.00. The number of sulfone groups is 1. The van der Waals surface area contributed by atoms with Crippen molar-refractivity contribution in [2.75, 3.05) is 0 Å². The largest absolute Gasteiger partial charge is 0.501 e. The van der Waals surface area contributed by atoms with Crippen LogP contribution in [0.3, 0.4) is 0 Å². The maximum atomic E-state index is 15.3. The van der Waals surface area contributed by atoms with Gasteiger partial charge in [-0.1, -0.05) is 6.07 Å². The van der Waals surface area contributed by atoms with Crippen LogP contribution >= 0.6 is 0 Å². The molecule has 0 aliphatic heterocycles. The first kappa shape index (κ1) is 23.6. The van der Waals surface area contributed by atoms with Gasteiger partial charge in [0.05, 0.1) is 16.5 Å². The van der Waals surface area contributed by atoms with Crippen LogP contribution in [0.4, 0.5) is 26.3 Å². The van der Waals surface area contributed by atoms with E-state index in [1.807, 2.05) is 0 Å². The van der Waals surface area contributed by atoms with Gasteiger partial charge in [0.25, 0.3) is 9.84 Å². The highest BCUT2D eigenvalue weighted by Crippen LogP contribution is 2.47. The maximum Gasteiger partial charge on any atom is 0.501 e. The summed E-state index contributed by atoms with van der Waals surface area (Å²) in [6.07, 6.45) is -7.14. The van der Waals surface area contributed by atoms with Gasteiger partial charge in [0, 0.05) is 18.9 Å². The number of carbonyl (C=O) groups is 1. The molecule has 32 heavy (non-hydrogen) atoms. The number of fused-ring (bicyclic) bond motifs is 1. The summed E-state index contributed by atoms with van der Waals surface area (Å²) in [5.74, 6) is -2.05. The molecule has 0 saturated heterocycles. The van der Waals surface area contributed by atoms with E-state index in [0.717, 1.165) is 31.2 Å². The molecule has 0 radical (unpaired) electrons. The standard InChI is InChI=1S/C20H13F6NO4S/c1-9(28)31-19-15(22)7-14-13(18(23)11-4-10(8-27)5-12(21)6-11)2-3-16(17(14)19)32(29,30)20(24,25)26/h2-6,15,18-19H,7H2,1H3/t15-,18+,19-/m1/s1. The van der Waals surface area contributed by atoms with Gasteiger partial charge < -0.3 is 4.74 Å². The average Bonchev–Trinajstić information content (AvgIpc) is 3.00. The van der Waals surface area contributed by atoms with Crippen molar-refractivity contribution in [3.63, 3.8) is 0 Å². The van der Waals surface area contributed by atoms with Gasteiger partial charge in [0.15, 0.2) is 12.3 Å². The number of alkyl halides is 5. The van der Waals surface area contributed by atoms with Crippen molar-refractivity contribution >= 4 is 15.8 Å². The summed E-state index contributed by atoms with van der Waals surface area (Å²) < 4.78 is 112. The van der Waals surface area contributed by atoms with Crippen molar-refractivity contribution in [2.24, 2.45) is 0 Å². The fourth-order valence-electron chi connectivity index (χ4n) is 3.59. The van der Waals surface area contributed by atoms with E-state index in [4.69, 9.17) is 10.00 Å².